The zero-order chi connectivity index (χ0) is 24.2. The van der Waals surface area contributed by atoms with Gasteiger partial charge in [0, 0.05) is 14.5 Å². The first-order valence-corrected chi connectivity index (χ1v) is 12.4. The van der Waals surface area contributed by atoms with E-state index in [0.717, 1.165) is 31.8 Å². The maximum absolute atomic E-state index is 13.0. The lowest BCUT2D eigenvalue weighted by molar-refractivity contribution is -0.123. The molecular weight excluding hydrogens is 586 g/mol. The molecule has 4 rings (SSSR count). The van der Waals surface area contributed by atoms with E-state index in [4.69, 9.17) is 9.84 Å². The van der Waals surface area contributed by atoms with Gasteiger partial charge in [-0.2, -0.15) is 0 Å². The van der Waals surface area contributed by atoms with E-state index in [2.05, 4.69) is 31.9 Å². The number of nitrogens with zero attached hydrogens (tertiary/aromatic N) is 1. The van der Waals surface area contributed by atoms with Crippen LogP contribution < -0.4 is 4.74 Å². The van der Waals surface area contributed by atoms with Crippen LogP contribution in [0.15, 0.2) is 80.6 Å². The first-order chi connectivity index (χ1) is 16.3. The summed E-state index contributed by atoms with van der Waals surface area (Å²) in [7, 11) is 0. The molecule has 0 bridgehead atoms. The number of carboxylic acid groups (broad SMARTS) is 1. The molecule has 3 aromatic carbocycles. The summed E-state index contributed by atoms with van der Waals surface area (Å²) < 4.78 is 7.67. The van der Waals surface area contributed by atoms with Crippen LogP contribution in [0, 0.1) is 0 Å². The van der Waals surface area contributed by atoms with Crippen LogP contribution in [0.5, 0.6) is 5.75 Å². The van der Waals surface area contributed by atoms with Crippen LogP contribution >= 0.6 is 43.6 Å². The third-order valence-electron chi connectivity index (χ3n) is 4.98. The van der Waals surface area contributed by atoms with Gasteiger partial charge < -0.3 is 9.84 Å². The van der Waals surface area contributed by atoms with Gasteiger partial charge in [-0.1, -0.05) is 56.1 Å². The highest BCUT2D eigenvalue weighted by Gasteiger charge is 2.35. The van der Waals surface area contributed by atoms with Crippen molar-refractivity contribution in [3.05, 3.63) is 103 Å². The van der Waals surface area contributed by atoms with E-state index in [9.17, 15) is 14.4 Å². The number of rotatable bonds is 7. The minimum Gasteiger partial charge on any atom is -0.488 e. The number of hydrogen-bond donors (Lipinski definition) is 1. The van der Waals surface area contributed by atoms with Crippen molar-refractivity contribution in [1.82, 2.24) is 4.90 Å². The molecule has 172 valence electrons. The predicted molar refractivity (Wildman–Crippen MR) is 138 cm³/mol. The van der Waals surface area contributed by atoms with Gasteiger partial charge in [-0.05, 0) is 71.4 Å². The summed E-state index contributed by atoms with van der Waals surface area (Å²) in [6.07, 6.45) is 1.65. The van der Waals surface area contributed by atoms with Gasteiger partial charge in [-0.3, -0.25) is 14.5 Å². The quantitative estimate of drug-likeness (QED) is 0.302. The number of ether oxygens (including phenoxy) is 1. The van der Waals surface area contributed by atoms with Gasteiger partial charge in [0.05, 0.1) is 17.0 Å². The van der Waals surface area contributed by atoms with Crippen LogP contribution in [0.3, 0.4) is 0 Å². The monoisotopic (exact) mass is 601 g/mol. The molecule has 0 atom stereocenters. The molecule has 34 heavy (non-hydrogen) atoms. The molecule has 1 N–H and O–H groups in total. The standard InChI is InChI=1S/C25H17Br2NO5S/c26-19-7-3-15(4-8-19)13-28-23(29)22(34-25(28)32)12-18-11-20(27)9-10-21(18)33-14-16-1-5-17(6-2-16)24(30)31/h1-12H,13-14H2,(H,30,31)/b22-12-. The van der Waals surface area contributed by atoms with Crippen molar-refractivity contribution in [3.63, 3.8) is 0 Å². The Morgan fingerprint density at radius 3 is 2.26 bits per heavy atom. The van der Waals surface area contributed by atoms with E-state index in [0.29, 0.717) is 16.2 Å². The molecule has 0 radical (unpaired) electrons. The average Bonchev–Trinajstić information content (AvgIpc) is 3.07. The zero-order valence-corrected chi connectivity index (χ0v) is 21.5. The molecule has 0 aliphatic carbocycles. The molecule has 1 heterocycles. The van der Waals surface area contributed by atoms with Gasteiger partial charge in [0.2, 0.25) is 0 Å². The molecule has 1 aliphatic heterocycles. The predicted octanol–water partition coefficient (Wildman–Crippen LogP) is 6.73. The van der Waals surface area contributed by atoms with Crippen molar-refractivity contribution in [2.24, 2.45) is 0 Å². The van der Waals surface area contributed by atoms with Gasteiger partial charge in [0.1, 0.15) is 12.4 Å². The first kappa shape index (κ1) is 24.3. The molecule has 0 spiro atoms. The van der Waals surface area contributed by atoms with Crippen LogP contribution in [-0.4, -0.2) is 27.1 Å². The lowest BCUT2D eigenvalue weighted by atomic mass is 10.1. The number of hydrogen-bond acceptors (Lipinski definition) is 5. The third-order valence-corrected chi connectivity index (χ3v) is 6.91. The number of amides is 2. The Kier molecular flexibility index (Phi) is 7.55. The highest BCUT2D eigenvalue weighted by molar-refractivity contribution is 9.10. The lowest BCUT2D eigenvalue weighted by Crippen LogP contribution is -2.27. The van der Waals surface area contributed by atoms with E-state index in [1.54, 1.807) is 24.3 Å². The fourth-order valence-electron chi connectivity index (χ4n) is 3.22. The Morgan fingerprint density at radius 1 is 0.941 bits per heavy atom. The largest absolute Gasteiger partial charge is 0.488 e. The molecule has 2 amide bonds. The van der Waals surface area contributed by atoms with Crippen molar-refractivity contribution < 1.29 is 24.2 Å². The van der Waals surface area contributed by atoms with Crippen molar-refractivity contribution in [2.45, 2.75) is 13.2 Å². The molecule has 6 nitrogen and oxygen atoms in total. The topological polar surface area (TPSA) is 83.9 Å². The molecule has 0 aromatic heterocycles. The zero-order valence-electron chi connectivity index (χ0n) is 17.5. The van der Waals surface area contributed by atoms with Crippen LogP contribution in [0.4, 0.5) is 4.79 Å². The number of carbonyl (C=O) groups excluding carboxylic acids is 2. The smallest absolute Gasteiger partial charge is 0.335 e. The van der Waals surface area contributed by atoms with Crippen LogP contribution in [-0.2, 0) is 17.9 Å². The molecule has 3 aromatic rings. The Hall–Kier alpha value is -2.88. The van der Waals surface area contributed by atoms with Gasteiger partial charge >= 0.3 is 5.97 Å². The summed E-state index contributed by atoms with van der Waals surface area (Å²) in [4.78, 5) is 38.1. The minimum atomic E-state index is -0.989. The lowest BCUT2D eigenvalue weighted by Gasteiger charge is -2.13. The number of imide groups is 1. The van der Waals surface area contributed by atoms with Crippen molar-refractivity contribution >= 4 is 66.8 Å². The second kappa shape index (κ2) is 10.6. The number of aromatic carboxylic acids is 1. The summed E-state index contributed by atoms with van der Waals surface area (Å²) >= 11 is 7.71. The van der Waals surface area contributed by atoms with Crippen molar-refractivity contribution in [2.75, 3.05) is 0 Å². The molecule has 0 saturated carbocycles. The summed E-state index contributed by atoms with van der Waals surface area (Å²) in [5.41, 5.74) is 2.50. The van der Waals surface area contributed by atoms with Crippen LogP contribution in [0.2, 0.25) is 0 Å². The molecule has 9 heteroatoms. The molecular formula is C25H17Br2NO5S. The Morgan fingerprint density at radius 2 is 1.59 bits per heavy atom. The number of carbonyl (C=O) groups is 3. The maximum Gasteiger partial charge on any atom is 0.335 e. The van der Waals surface area contributed by atoms with E-state index in [1.807, 2.05) is 36.4 Å². The normalized spacial score (nSPS) is 14.6. The van der Waals surface area contributed by atoms with Gasteiger partial charge in [-0.25, -0.2) is 4.79 Å². The number of benzene rings is 3. The summed E-state index contributed by atoms with van der Waals surface area (Å²) in [6, 6.07) is 19.3. The summed E-state index contributed by atoms with van der Waals surface area (Å²) in [5, 5.41) is 8.71. The highest BCUT2D eigenvalue weighted by atomic mass is 79.9. The van der Waals surface area contributed by atoms with E-state index < -0.39 is 5.97 Å². The first-order valence-electron chi connectivity index (χ1n) is 10.0. The average molecular weight is 603 g/mol. The van der Waals surface area contributed by atoms with E-state index >= 15 is 0 Å². The highest BCUT2D eigenvalue weighted by Crippen LogP contribution is 2.36. The fraction of sp³-hybridized carbons (Fsp3) is 0.0800. The summed E-state index contributed by atoms with van der Waals surface area (Å²) in [5.74, 6) is -0.810. The maximum atomic E-state index is 13.0. The minimum absolute atomic E-state index is 0.198. The Labute approximate surface area is 216 Å². The third kappa shape index (κ3) is 5.78. The summed E-state index contributed by atoms with van der Waals surface area (Å²) in [6.45, 7) is 0.414. The van der Waals surface area contributed by atoms with E-state index in [-0.39, 0.29) is 29.9 Å². The Balaban J connectivity index is 1.52. The molecule has 0 unspecified atom stereocenters. The second-order valence-electron chi connectivity index (χ2n) is 7.37. The SMILES string of the molecule is O=C(O)c1ccc(COc2ccc(Br)cc2/C=C2\SC(=O)N(Cc3ccc(Br)cc3)C2=O)cc1. The number of carboxylic acids is 1. The molecule has 1 aliphatic rings. The van der Waals surface area contributed by atoms with Crippen molar-refractivity contribution in [1.29, 1.82) is 0 Å². The molecule has 1 saturated heterocycles. The van der Waals surface area contributed by atoms with Crippen LogP contribution in [0.1, 0.15) is 27.0 Å². The van der Waals surface area contributed by atoms with Gasteiger partial charge in [0.15, 0.2) is 0 Å². The fourth-order valence-corrected chi connectivity index (χ4v) is 4.69. The van der Waals surface area contributed by atoms with Crippen molar-refractivity contribution in [3.8, 4) is 5.75 Å². The molecule has 1 fully saturated rings. The van der Waals surface area contributed by atoms with Gasteiger partial charge in [0.25, 0.3) is 11.1 Å². The number of halogens is 2. The van der Waals surface area contributed by atoms with E-state index in [1.165, 1.54) is 17.0 Å². The number of thioether (sulfide) groups is 1. The van der Waals surface area contributed by atoms with Gasteiger partial charge in [-0.15, -0.1) is 0 Å². The van der Waals surface area contributed by atoms with Crippen LogP contribution in [0.25, 0.3) is 6.08 Å². The second-order valence-corrected chi connectivity index (χ2v) is 10.2. The Bertz CT molecular complexity index is 1290.